The highest BCUT2D eigenvalue weighted by atomic mass is 79.9. The van der Waals surface area contributed by atoms with E-state index in [0.29, 0.717) is 5.41 Å². The highest BCUT2D eigenvalue weighted by Gasteiger charge is 2.48. The molecule has 1 saturated carbocycles. The van der Waals surface area contributed by atoms with Crippen molar-refractivity contribution < 1.29 is 35.8 Å². The molecular formula is C25H33BrN2O3. The van der Waals surface area contributed by atoms with Gasteiger partial charge in [-0.3, -0.25) is 0 Å². The molecule has 2 aliphatic rings. The fourth-order valence-corrected chi connectivity index (χ4v) is 4.50. The number of rotatable bonds is 4. The van der Waals surface area contributed by atoms with E-state index in [1.165, 1.54) is 5.56 Å². The Morgan fingerprint density at radius 2 is 1.68 bits per heavy atom. The maximum absolute atomic E-state index is 12.3. The molecule has 4 rings (SSSR count). The van der Waals surface area contributed by atoms with Crippen molar-refractivity contribution in [3.05, 3.63) is 60.4 Å². The van der Waals surface area contributed by atoms with Crippen LogP contribution < -0.4 is 26.3 Å². The SMILES string of the molecule is CC(C)(C)OC(=O)N1CCC2(CC1)CC(Oc1cc[n+](Cc3ccccc3)cc1)C2.[Br-]. The van der Waals surface area contributed by atoms with Gasteiger partial charge in [-0.05, 0) is 51.9 Å². The Labute approximate surface area is 196 Å². The van der Waals surface area contributed by atoms with E-state index in [9.17, 15) is 4.79 Å². The monoisotopic (exact) mass is 488 g/mol. The second-order valence-electron chi connectivity index (χ2n) is 9.81. The molecule has 1 amide bonds. The molecule has 31 heavy (non-hydrogen) atoms. The summed E-state index contributed by atoms with van der Waals surface area (Å²) in [6, 6.07) is 14.6. The quantitative estimate of drug-likeness (QED) is 0.613. The van der Waals surface area contributed by atoms with Crippen molar-refractivity contribution in [1.29, 1.82) is 0 Å². The van der Waals surface area contributed by atoms with Crippen molar-refractivity contribution in [2.75, 3.05) is 13.1 Å². The van der Waals surface area contributed by atoms with Crippen LogP contribution in [0.1, 0.15) is 52.0 Å². The second-order valence-corrected chi connectivity index (χ2v) is 9.81. The van der Waals surface area contributed by atoms with Crippen LogP contribution in [0.15, 0.2) is 54.9 Å². The summed E-state index contributed by atoms with van der Waals surface area (Å²) >= 11 is 0. The van der Waals surface area contributed by atoms with E-state index < -0.39 is 5.60 Å². The average Bonchev–Trinajstić information content (AvgIpc) is 2.68. The summed E-state index contributed by atoms with van der Waals surface area (Å²) in [5.74, 6) is 0.936. The van der Waals surface area contributed by atoms with Crippen LogP contribution in [-0.2, 0) is 11.3 Å². The highest BCUT2D eigenvalue weighted by molar-refractivity contribution is 5.68. The molecule has 168 valence electrons. The Morgan fingerprint density at radius 3 is 2.26 bits per heavy atom. The van der Waals surface area contributed by atoms with Gasteiger partial charge in [0.2, 0.25) is 0 Å². The van der Waals surface area contributed by atoms with Crippen LogP contribution in [0.25, 0.3) is 0 Å². The van der Waals surface area contributed by atoms with Gasteiger partial charge in [-0.15, -0.1) is 0 Å². The molecule has 0 bridgehead atoms. The zero-order chi connectivity index (χ0) is 21.2. The number of nitrogens with zero attached hydrogens (tertiary/aromatic N) is 2. The second kappa shape index (κ2) is 9.60. The number of halogens is 1. The van der Waals surface area contributed by atoms with Crippen LogP contribution in [0, 0.1) is 5.41 Å². The lowest BCUT2D eigenvalue weighted by molar-refractivity contribution is -0.688. The molecule has 1 saturated heterocycles. The van der Waals surface area contributed by atoms with Crippen molar-refractivity contribution >= 4 is 6.09 Å². The Hall–Kier alpha value is -2.08. The Morgan fingerprint density at radius 1 is 1.06 bits per heavy atom. The van der Waals surface area contributed by atoms with E-state index in [1.54, 1.807) is 0 Å². The summed E-state index contributed by atoms with van der Waals surface area (Å²) in [5, 5.41) is 0. The Kier molecular flexibility index (Phi) is 7.30. The highest BCUT2D eigenvalue weighted by Crippen LogP contribution is 2.50. The predicted octanol–water partition coefficient (Wildman–Crippen LogP) is 1.58. The van der Waals surface area contributed by atoms with Gasteiger partial charge in [0, 0.05) is 30.8 Å². The topological polar surface area (TPSA) is 42.6 Å². The number of pyridine rings is 1. The minimum Gasteiger partial charge on any atom is -1.00 e. The fourth-order valence-electron chi connectivity index (χ4n) is 4.50. The molecule has 0 atom stereocenters. The molecule has 2 heterocycles. The minimum absolute atomic E-state index is 0. The van der Waals surface area contributed by atoms with E-state index >= 15 is 0 Å². The molecule has 0 unspecified atom stereocenters. The van der Waals surface area contributed by atoms with Crippen LogP contribution >= 0.6 is 0 Å². The van der Waals surface area contributed by atoms with Gasteiger partial charge >= 0.3 is 6.09 Å². The van der Waals surface area contributed by atoms with E-state index in [4.69, 9.17) is 9.47 Å². The van der Waals surface area contributed by atoms with Crippen molar-refractivity contribution in [3.63, 3.8) is 0 Å². The minimum atomic E-state index is -0.434. The number of amides is 1. The molecule has 0 N–H and O–H groups in total. The van der Waals surface area contributed by atoms with Gasteiger partial charge in [-0.2, -0.15) is 0 Å². The molecule has 1 aromatic heterocycles. The average molecular weight is 489 g/mol. The van der Waals surface area contributed by atoms with Crippen LogP contribution in [0.5, 0.6) is 5.75 Å². The first-order valence-electron chi connectivity index (χ1n) is 11.0. The van der Waals surface area contributed by atoms with E-state index in [1.807, 2.05) is 31.7 Å². The molecule has 1 aromatic carbocycles. The maximum atomic E-state index is 12.3. The third-order valence-corrected chi connectivity index (χ3v) is 6.17. The predicted molar refractivity (Wildman–Crippen MR) is 115 cm³/mol. The number of aromatic nitrogens is 1. The van der Waals surface area contributed by atoms with Crippen molar-refractivity contribution in [3.8, 4) is 5.75 Å². The lowest BCUT2D eigenvalue weighted by Crippen LogP contribution is -3.00. The number of ether oxygens (including phenoxy) is 2. The van der Waals surface area contributed by atoms with Gasteiger partial charge in [0.05, 0.1) is 6.10 Å². The summed E-state index contributed by atoms with van der Waals surface area (Å²) in [7, 11) is 0. The zero-order valence-corrected chi connectivity index (χ0v) is 20.3. The molecule has 5 nitrogen and oxygen atoms in total. The van der Waals surface area contributed by atoms with Gasteiger partial charge in [0.25, 0.3) is 0 Å². The molecule has 0 radical (unpaired) electrons. The first-order valence-corrected chi connectivity index (χ1v) is 11.0. The lowest BCUT2D eigenvalue weighted by Gasteiger charge is -2.51. The van der Waals surface area contributed by atoms with Crippen LogP contribution in [-0.4, -0.2) is 35.8 Å². The number of piperidine rings is 1. The molecule has 2 fully saturated rings. The number of hydrogen-bond donors (Lipinski definition) is 0. The Balaban J connectivity index is 0.00000272. The van der Waals surface area contributed by atoms with E-state index in [0.717, 1.165) is 51.1 Å². The van der Waals surface area contributed by atoms with Crippen LogP contribution in [0.2, 0.25) is 0 Å². The number of likely N-dealkylation sites (tertiary alicyclic amines) is 1. The van der Waals surface area contributed by atoms with Gasteiger partial charge in [-0.25, -0.2) is 9.36 Å². The number of carbonyl (C=O) groups is 1. The molecule has 1 aliphatic heterocycles. The summed E-state index contributed by atoms with van der Waals surface area (Å²) < 4.78 is 13.9. The fraction of sp³-hybridized carbons (Fsp3) is 0.520. The lowest BCUT2D eigenvalue weighted by atomic mass is 9.61. The van der Waals surface area contributed by atoms with E-state index in [-0.39, 0.29) is 29.2 Å². The van der Waals surface area contributed by atoms with Crippen molar-refractivity contribution in [2.45, 2.75) is 64.7 Å². The molecule has 1 aliphatic carbocycles. The van der Waals surface area contributed by atoms with Crippen LogP contribution in [0.4, 0.5) is 4.79 Å². The van der Waals surface area contributed by atoms with E-state index in [2.05, 4.69) is 53.4 Å². The number of hydrogen-bond acceptors (Lipinski definition) is 3. The first kappa shape index (κ1) is 23.6. The Bertz CT molecular complexity index is 849. The van der Waals surface area contributed by atoms with Gasteiger partial charge in [0.1, 0.15) is 11.4 Å². The van der Waals surface area contributed by atoms with Gasteiger partial charge in [0.15, 0.2) is 18.9 Å². The first-order chi connectivity index (χ1) is 14.3. The summed E-state index contributed by atoms with van der Waals surface area (Å²) in [4.78, 5) is 14.1. The van der Waals surface area contributed by atoms with Gasteiger partial charge in [-0.1, -0.05) is 30.3 Å². The van der Waals surface area contributed by atoms with Crippen molar-refractivity contribution in [2.24, 2.45) is 5.41 Å². The number of carbonyl (C=O) groups excluding carboxylic acids is 1. The standard InChI is InChI=1S/C25H33N2O3.BrH/c1-24(2,3)30-23(28)27-15-11-25(12-16-27)17-22(18-25)29-21-9-13-26(14-10-21)19-20-7-5-4-6-8-20;/h4-10,13-14,22H,11-12,15-19H2,1-3H3;1H/q+1;/p-1. The maximum Gasteiger partial charge on any atom is 0.410 e. The number of benzene rings is 1. The van der Waals surface area contributed by atoms with Crippen molar-refractivity contribution in [1.82, 2.24) is 4.90 Å². The van der Waals surface area contributed by atoms with Gasteiger partial charge < -0.3 is 31.4 Å². The summed E-state index contributed by atoms with van der Waals surface area (Å²) in [6.07, 6.45) is 8.49. The zero-order valence-electron chi connectivity index (χ0n) is 18.7. The smallest absolute Gasteiger partial charge is 0.410 e. The third kappa shape index (κ3) is 6.22. The largest absolute Gasteiger partial charge is 1.00 e. The molecule has 6 heteroatoms. The normalized spacial score (nSPS) is 18.1. The molecule has 1 spiro atoms. The molecule has 2 aromatic rings. The summed E-state index contributed by atoms with van der Waals surface area (Å²) in [5.41, 5.74) is 1.19. The molecular weight excluding hydrogens is 456 g/mol. The summed E-state index contributed by atoms with van der Waals surface area (Å²) in [6.45, 7) is 8.17. The van der Waals surface area contributed by atoms with Crippen LogP contribution in [0.3, 0.4) is 0 Å². The third-order valence-electron chi connectivity index (χ3n) is 6.17.